The molecule has 0 aliphatic carbocycles. The van der Waals surface area contributed by atoms with Gasteiger partial charge in [-0.25, -0.2) is 0 Å². The van der Waals surface area contributed by atoms with Crippen LogP contribution in [0.2, 0.25) is 0 Å². The van der Waals surface area contributed by atoms with Crippen LogP contribution in [0.15, 0.2) is 0 Å². The van der Waals surface area contributed by atoms with E-state index in [9.17, 15) is 0 Å². The summed E-state index contributed by atoms with van der Waals surface area (Å²) < 4.78 is 0.380. The third-order valence-corrected chi connectivity index (χ3v) is 3.26. The maximum Gasteiger partial charge on any atom is 0.0538 e. The van der Waals surface area contributed by atoms with Gasteiger partial charge in [0.15, 0.2) is 0 Å². The van der Waals surface area contributed by atoms with Crippen LogP contribution >= 0.6 is 23.5 Å². The molecule has 1 heterocycles. The van der Waals surface area contributed by atoms with Crippen LogP contribution in [0, 0.1) is 6.92 Å². The molecular weight excluding hydrogens is 112 g/mol. The van der Waals surface area contributed by atoms with E-state index >= 15 is 0 Å². The molecule has 34 valence electrons. The second kappa shape index (κ2) is 2.12. The molecule has 0 N–H and O–H groups in total. The van der Waals surface area contributed by atoms with Crippen molar-refractivity contribution < 1.29 is 0 Å². The van der Waals surface area contributed by atoms with Gasteiger partial charge in [-0.15, -0.1) is 23.5 Å². The summed E-state index contributed by atoms with van der Waals surface area (Å²) in [4.78, 5) is 0. The fourth-order valence-corrected chi connectivity index (χ4v) is 2.57. The minimum absolute atomic E-state index is 0.380. The van der Waals surface area contributed by atoms with Crippen molar-refractivity contribution in [3.8, 4) is 0 Å². The van der Waals surface area contributed by atoms with Crippen LogP contribution in [-0.2, 0) is 0 Å². The average Bonchev–Trinajstić information content (AvgIpc) is 1.86. The highest BCUT2D eigenvalue weighted by Crippen LogP contribution is 2.30. The Balaban J connectivity index is 2.18. The lowest BCUT2D eigenvalue weighted by Crippen LogP contribution is -1.75. The fraction of sp³-hybridized carbons (Fsp3) is 0.750. The first-order chi connectivity index (χ1) is 2.89. The van der Waals surface area contributed by atoms with Crippen LogP contribution in [0.4, 0.5) is 0 Å². The van der Waals surface area contributed by atoms with E-state index < -0.39 is 0 Å². The van der Waals surface area contributed by atoms with Gasteiger partial charge in [0.25, 0.3) is 0 Å². The van der Waals surface area contributed by atoms with Crippen molar-refractivity contribution in [1.29, 1.82) is 0 Å². The smallest absolute Gasteiger partial charge is 0.0538 e. The molecule has 1 saturated heterocycles. The molecule has 2 heteroatoms. The number of thioether (sulfide) groups is 2. The zero-order valence-corrected chi connectivity index (χ0v) is 5.02. The molecule has 0 amide bonds. The molecule has 0 atom stereocenters. The van der Waals surface area contributed by atoms with E-state index in [4.69, 9.17) is 6.92 Å². The SMILES string of the molecule is [CH]C1SCCS1. The van der Waals surface area contributed by atoms with Crippen LogP contribution in [0.1, 0.15) is 0 Å². The van der Waals surface area contributed by atoms with Gasteiger partial charge in [0.2, 0.25) is 0 Å². The van der Waals surface area contributed by atoms with Crippen LogP contribution in [0.5, 0.6) is 0 Å². The van der Waals surface area contributed by atoms with Crippen molar-refractivity contribution in [2.24, 2.45) is 0 Å². The Hall–Kier alpha value is 0.700. The molecule has 1 fully saturated rings. The summed E-state index contributed by atoms with van der Waals surface area (Å²) >= 11 is 3.68. The minimum atomic E-state index is 0.380. The highest BCUT2D eigenvalue weighted by Gasteiger charge is 2.08. The number of rotatable bonds is 0. The van der Waals surface area contributed by atoms with Crippen molar-refractivity contribution in [2.45, 2.75) is 4.58 Å². The van der Waals surface area contributed by atoms with Crippen molar-refractivity contribution in [1.82, 2.24) is 0 Å². The lowest BCUT2D eigenvalue weighted by Gasteiger charge is -1.90. The topological polar surface area (TPSA) is 0 Å². The number of hydrogen-bond acceptors (Lipinski definition) is 2. The molecule has 0 unspecified atom stereocenters. The zero-order valence-electron chi connectivity index (χ0n) is 3.39. The molecule has 0 bridgehead atoms. The van der Waals surface area contributed by atoms with Crippen LogP contribution in [-0.4, -0.2) is 16.1 Å². The normalized spacial score (nSPS) is 25.5. The predicted octanol–water partition coefficient (Wildman–Crippen LogP) is 1.50. The highest BCUT2D eigenvalue weighted by atomic mass is 32.2. The Kier molecular flexibility index (Phi) is 1.72. The Morgan fingerprint density at radius 3 is 2.00 bits per heavy atom. The largest absolute Gasteiger partial charge is 0.146 e. The number of hydrogen-bond donors (Lipinski definition) is 0. The van der Waals surface area contributed by atoms with Gasteiger partial charge >= 0.3 is 0 Å². The third kappa shape index (κ3) is 1.09. The third-order valence-electron chi connectivity index (χ3n) is 0.648. The second-order valence-electron chi connectivity index (χ2n) is 1.11. The van der Waals surface area contributed by atoms with Gasteiger partial charge in [-0.1, -0.05) is 0 Å². The first-order valence-corrected chi connectivity index (χ1v) is 3.98. The quantitative estimate of drug-likeness (QED) is 0.473. The molecule has 1 aliphatic heterocycles. The molecule has 0 aromatic rings. The van der Waals surface area contributed by atoms with Crippen molar-refractivity contribution in [2.75, 3.05) is 11.5 Å². The standard InChI is InChI=1S/C4H6S2/c1-4-5-2-3-6-4/h1,4H,2-3H2. The van der Waals surface area contributed by atoms with E-state index in [0.29, 0.717) is 4.58 Å². The molecule has 0 nitrogen and oxygen atoms in total. The first-order valence-electron chi connectivity index (χ1n) is 1.88. The summed E-state index contributed by atoms with van der Waals surface area (Å²) in [6.07, 6.45) is 0. The summed E-state index contributed by atoms with van der Waals surface area (Å²) in [5.41, 5.74) is 0. The van der Waals surface area contributed by atoms with Gasteiger partial charge in [-0.3, -0.25) is 0 Å². The Morgan fingerprint density at radius 1 is 1.33 bits per heavy atom. The molecule has 2 radical (unpaired) electrons. The Labute approximate surface area is 47.1 Å². The van der Waals surface area contributed by atoms with Crippen LogP contribution in [0.3, 0.4) is 0 Å². The van der Waals surface area contributed by atoms with Gasteiger partial charge in [-0.2, -0.15) is 0 Å². The fourth-order valence-electron chi connectivity index (χ4n) is 0.377. The lowest BCUT2D eigenvalue weighted by atomic mass is 11.0. The molecule has 0 spiro atoms. The van der Waals surface area contributed by atoms with Gasteiger partial charge in [0.1, 0.15) is 0 Å². The van der Waals surface area contributed by atoms with Crippen LogP contribution in [0.25, 0.3) is 0 Å². The monoisotopic (exact) mass is 118 g/mol. The lowest BCUT2D eigenvalue weighted by molar-refractivity contribution is 1.59. The van der Waals surface area contributed by atoms with Gasteiger partial charge in [0, 0.05) is 11.5 Å². The van der Waals surface area contributed by atoms with E-state index in [2.05, 4.69) is 0 Å². The van der Waals surface area contributed by atoms with E-state index in [1.807, 2.05) is 23.5 Å². The first kappa shape index (κ1) is 4.85. The molecule has 0 aromatic heterocycles. The Morgan fingerprint density at radius 2 is 1.83 bits per heavy atom. The molecule has 6 heavy (non-hydrogen) atoms. The van der Waals surface area contributed by atoms with Crippen molar-refractivity contribution in [3.05, 3.63) is 6.92 Å². The van der Waals surface area contributed by atoms with Gasteiger partial charge in [0.05, 0.1) is 4.58 Å². The molecule has 1 aliphatic rings. The predicted molar refractivity (Wildman–Crippen MR) is 33.0 cm³/mol. The summed E-state index contributed by atoms with van der Waals surface area (Å²) in [7, 11) is 0. The minimum Gasteiger partial charge on any atom is -0.146 e. The van der Waals surface area contributed by atoms with Crippen molar-refractivity contribution in [3.63, 3.8) is 0 Å². The molecular formula is C4H6S2. The molecule has 1 rings (SSSR count). The van der Waals surface area contributed by atoms with E-state index in [1.165, 1.54) is 11.5 Å². The van der Waals surface area contributed by atoms with E-state index in [1.54, 1.807) is 0 Å². The molecule has 0 saturated carbocycles. The van der Waals surface area contributed by atoms with Gasteiger partial charge < -0.3 is 0 Å². The van der Waals surface area contributed by atoms with E-state index in [0.717, 1.165) is 0 Å². The average molecular weight is 118 g/mol. The maximum atomic E-state index is 5.46. The van der Waals surface area contributed by atoms with Crippen LogP contribution < -0.4 is 0 Å². The summed E-state index contributed by atoms with van der Waals surface area (Å²) in [5.74, 6) is 2.48. The van der Waals surface area contributed by atoms with E-state index in [-0.39, 0.29) is 0 Å². The second-order valence-corrected chi connectivity index (χ2v) is 3.91. The molecule has 0 aromatic carbocycles. The zero-order chi connectivity index (χ0) is 4.41. The van der Waals surface area contributed by atoms with Gasteiger partial charge in [-0.05, 0) is 6.92 Å². The summed E-state index contributed by atoms with van der Waals surface area (Å²) in [6.45, 7) is 5.46. The van der Waals surface area contributed by atoms with Crippen molar-refractivity contribution >= 4 is 23.5 Å². The summed E-state index contributed by atoms with van der Waals surface area (Å²) in [6, 6.07) is 0. The highest BCUT2D eigenvalue weighted by molar-refractivity contribution is 8.20. The maximum absolute atomic E-state index is 5.46. The Bertz CT molecular complexity index is 38.8. The summed E-state index contributed by atoms with van der Waals surface area (Å²) in [5, 5.41) is 0.